The van der Waals surface area contributed by atoms with Gasteiger partial charge in [-0.3, -0.25) is 0 Å². The maximum absolute atomic E-state index is 5.35. The molecule has 8 nitrogen and oxygen atoms in total. The molecule has 180 valence electrons. The highest BCUT2D eigenvalue weighted by Crippen LogP contribution is 2.22. The molecule has 2 atom stereocenters. The second-order valence-electron chi connectivity index (χ2n) is 7.70. The molecule has 10 heteroatoms. The molecule has 0 spiro atoms. The van der Waals surface area contributed by atoms with Crippen molar-refractivity contribution < 1.29 is 36.0 Å². The van der Waals surface area contributed by atoms with Gasteiger partial charge < -0.3 is 36.0 Å². The third kappa shape index (κ3) is 11.7. The minimum atomic E-state index is -2.31. The molecule has 2 aliphatic heterocycles. The van der Waals surface area contributed by atoms with Crippen molar-refractivity contribution in [3.63, 3.8) is 0 Å². The second-order valence-corrected chi connectivity index (χ2v) is 13.9. The van der Waals surface area contributed by atoms with Gasteiger partial charge >= 0.3 is 17.6 Å². The summed E-state index contributed by atoms with van der Waals surface area (Å²) in [5.41, 5.74) is 0. The second kappa shape index (κ2) is 15.8. The molecule has 0 N–H and O–H groups in total. The van der Waals surface area contributed by atoms with Gasteiger partial charge in [-0.05, 0) is 25.7 Å². The predicted octanol–water partition coefficient (Wildman–Crippen LogP) is 3.65. The van der Waals surface area contributed by atoms with E-state index in [1.807, 2.05) is 0 Å². The summed E-state index contributed by atoms with van der Waals surface area (Å²) in [6.45, 7) is 1.93. The maximum Gasteiger partial charge on any atom is 0.500 e. The molecule has 2 heterocycles. The molecule has 0 radical (unpaired) electrons. The zero-order chi connectivity index (χ0) is 22.3. The molecular weight excluding hydrogens is 424 g/mol. The molecule has 2 unspecified atom stereocenters. The van der Waals surface area contributed by atoms with E-state index in [2.05, 4.69) is 0 Å². The van der Waals surface area contributed by atoms with Crippen molar-refractivity contribution in [3.8, 4) is 0 Å². The van der Waals surface area contributed by atoms with Gasteiger partial charge in [0.1, 0.15) is 0 Å². The highest BCUT2D eigenvalue weighted by Gasteiger charge is 2.37. The van der Waals surface area contributed by atoms with E-state index in [4.69, 9.17) is 36.0 Å². The summed E-state index contributed by atoms with van der Waals surface area (Å²) in [5.74, 6) is 0. The first-order chi connectivity index (χ1) is 14.5. The van der Waals surface area contributed by atoms with Gasteiger partial charge in [0.2, 0.25) is 0 Å². The van der Waals surface area contributed by atoms with Crippen molar-refractivity contribution in [2.45, 2.75) is 75.7 Å². The molecule has 2 fully saturated rings. The first kappa shape index (κ1) is 28.1. The largest absolute Gasteiger partial charge is 0.500 e. The van der Waals surface area contributed by atoms with Crippen LogP contribution in [0.2, 0.25) is 12.1 Å². The predicted molar refractivity (Wildman–Crippen MR) is 120 cm³/mol. The van der Waals surface area contributed by atoms with Crippen molar-refractivity contribution in [2.24, 2.45) is 0 Å². The van der Waals surface area contributed by atoms with E-state index in [0.717, 1.165) is 38.1 Å². The molecular formula is C20H44O8Si2. The van der Waals surface area contributed by atoms with Crippen LogP contribution in [0.5, 0.6) is 0 Å². The Morgan fingerprint density at radius 1 is 0.533 bits per heavy atom. The summed E-state index contributed by atoms with van der Waals surface area (Å²) in [5, 5.41) is 0. The third-order valence-electron chi connectivity index (χ3n) is 5.69. The van der Waals surface area contributed by atoms with Crippen LogP contribution in [-0.2, 0) is 36.0 Å². The average molecular weight is 469 g/mol. The highest BCUT2D eigenvalue weighted by molar-refractivity contribution is 6.60. The van der Waals surface area contributed by atoms with Crippen molar-refractivity contribution in [2.75, 3.05) is 55.9 Å². The highest BCUT2D eigenvalue weighted by atomic mass is 28.4. The first-order valence-corrected chi connectivity index (χ1v) is 14.9. The van der Waals surface area contributed by atoms with Crippen LogP contribution >= 0.6 is 0 Å². The third-order valence-corrected chi connectivity index (χ3v) is 11.4. The summed E-state index contributed by atoms with van der Waals surface area (Å²) in [4.78, 5) is 0. The normalized spacial score (nSPS) is 20.6. The lowest BCUT2D eigenvalue weighted by Gasteiger charge is -2.24. The Morgan fingerprint density at radius 2 is 0.833 bits per heavy atom. The molecule has 0 amide bonds. The van der Waals surface area contributed by atoms with E-state index in [-0.39, 0.29) is 0 Å². The molecule has 30 heavy (non-hydrogen) atoms. The molecule has 0 bridgehead atoms. The summed E-state index contributed by atoms with van der Waals surface area (Å²) in [6, 6.07) is 1.81. The number of hydrogen-bond acceptors (Lipinski definition) is 8. The van der Waals surface area contributed by atoms with Gasteiger partial charge in [-0.2, -0.15) is 0 Å². The van der Waals surface area contributed by atoms with Crippen LogP contribution in [0.3, 0.4) is 0 Å². The van der Waals surface area contributed by atoms with Crippen LogP contribution in [0.15, 0.2) is 0 Å². The van der Waals surface area contributed by atoms with Crippen molar-refractivity contribution >= 4 is 17.6 Å². The molecule has 0 aromatic carbocycles. The van der Waals surface area contributed by atoms with Crippen LogP contribution < -0.4 is 0 Å². The van der Waals surface area contributed by atoms with Crippen LogP contribution in [0.1, 0.15) is 51.4 Å². The topological polar surface area (TPSA) is 80.4 Å². The standard InChI is InChI=1S/2C10H22O4Si/c2*1-11-15(12-2,13-3)8-6-4-5-7-10-9-14-10/h2*10H,4-9H2,1-3H3. The minimum Gasteiger partial charge on any atom is -0.377 e. The zero-order valence-electron chi connectivity index (χ0n) is 19.9. The van der Waals surface area contributed by atoms with Crippen LogP contribution in [0.25, 0.3) is 0 Å². The van der Waals surface area contributed by atoms with Crippen LogP contribution in [0.4, 0.5) is 0 Å². The Bertz CT molecular complexity index is 359. The monoisotopic (exact) mass is 468 g/mol. The van der Waals surface area contributed by atoms with Gasteiger partial charge in [-0.15, -0.1) is 0 Å². The summed E-state index contributed by atoms with van der Waals surface area (Å²) < 4.78 is 42.4. The summed E-state index contributed by atoms with van der Waals surface area (Å²) in [7, 11) is 5.36. The summed E-state index contributed by atoms with van der Waals surface area (Å²) in [6.07, 6.45) is 10.6. The van der Waals surface area contributed by atoms with Crippen molar-refractivity contribution in [3.05, 3.63) is 0 Å². The molecule has 0 saturated carbocycles. The average Bonchev–Trinajstić information content (AvgIpc) is 3.70. The van der Waals surface area contributed by atoms with Crippen LogP contribution in [-0.4, -0.2) is 85.7 Å². The van der Waals surface area contributed by atoms with Gasteiger partial charge in [0.25, 0.3) is 0 Å². The fourth-order valence-corrected chi connectivity index (χ4v) is 6.95. The first-order valence-electron chi connectivity index (χ1n) is 11.1. The van der Waals surface area contributed by atoms with E-state index in [1.54, 1.807) is 42.7 Å². The lowest BCUT2D eigenvalue weighted by molar-refractivity contribution is 0.122. The Morgan fingerprint density at radius 3 is 1.07 bits per heavy atom. The van der Waals surface area contributed by atoms with E-state index in [1.165, 1.54) is 38.5 Å². The fraction of sp³-hybridized carbons (Fsp3) is 1.00. The molecule has 0 aromatic rings. The fourth-order valence-electron chi connectivity index (χ4n) is 3.36. The number of unbranched alkanes of at least 4 members (excludes halogenated alkanes) is 4. The SMILES string of the molecule is CO[Si](CCCCCC1CO1)(OC)OC.CO[Si](CCCCCC1CO1)(OC)OC. The Hall–Kier alpha value is 0.114. The minimum absolute atomic E-state index is 0.555. The molecule has 0 aliphatic carbocycles. The van der Waals surface area contributed by atoms with Gasteiger partial charge in [-0.1, -0.05) is 25.7 Å². The Kier molecular flexibility index (Phi) is 14.9. The maximum atomic E-state index is 5.35. The zero-order valence-corrected chi connectivity index (χ0v) is 21.9. The van der Waals surface area contributed by atoms with E-state index in [9.17, 15) is 0 Å². The van der Waals surface area contributed by atoms with Gasteiger partial charge in [0.15, 0.2) is 0 Å². The number of hydrogen-bond donors (Lipinski definition) is 0. The van der Waals surface area contributed by atoms with E-state index < -0.39 is 17.6 Å². The Balaban J connectivity index is 0.000000300. The molecule has 2 saturated heterocycles. The van der Waals surface area contributed by atoms with E-state index >= 15 is 0 Å². The summed E-state index contributed by atoms with van der Waals surface area (Å²) >= 11 is 0. The van der Waals surface area contributed by atoms with Gasteiger partial charge in [-0.25, -0.2) is 0 Å². The number of ether oxygens (including phenoxy) is 2. The van der Waals surface area contributed by atoms with Crippen LogP contribution in [0, 0.1) is 0 Å². The molecule has 2 rings (SSSR count). The molecule has 2 aliphatic rings. The lowest BCUT2D eigenvalue weighted by atomic mass is 10.2. The number of epoxide rings is 2. The Labute approximate surface area is 185 Å². The van der Waals surface area contributed by atoms with Crippen molar-refractivity contribution in [1.82, 2.24) is 0 Å². The van der Waals surface area contributed by atoms with Gasteiger partial charge in [0, 0.05) is 54.7 Å². The quantitative estimate of drug-likeness (QED) is 0.171. The smallest absolute Gasteiger partial charge is 0.377 e. The van der Waals surface area contributed by atoms with Crippen molar-refractivity contribution in [1.29, 1.82) is 0 Å². The van der Waals surface area contributed by atoms with E-state index in [0.29, 0.717) is 12.2 Å². The lowest BCUT2D eigenvalue weighted by Crippen LogP contribution is -2.42. The van der Waals surface area contributed by atoms with Gasteiger partial charge in [0.05, 0.1) is 25.4 Å². The number of rotatable bonds is 18. The molecule has 0 aromatic heterocycles.